The molecule has 19 heavy (non-hydrogen) atoms. The van der Waals surface area contributed by atoms with Gasteiger partial charge in [-0.3, -0.25) is 4.79 Å². The van der Waals surface area contributed by atoms with Crippen molar-refractivity contribution in [1.82, 2.24) is 10.6 Å². The van der Waals surface area contributed by atoms with Gasteiger partial charge in [0.1, 0.15) is 0 Å². The molecule has 0 aromatic heterocycles. The Kier molecular flexibility index (Phi) is 4.71. The molecule has 1 aromatic rings. The third-order valence-electron chi connectivity index (χ3n) is 3.56. The van der Waals surface area contributed by atoms with E-state index in [9.17, 15) is 4.79 Å². The van der Waals surface area contributed by atoms with E-state index in [0.29, 0.717) is 16.6 Å². The van der Waals surface area contributed by atoms with Crippen molar-refractivity contribution in [2.75, 3.05) is 13.6 Å². The molecule has 1 amide bonds. The van der Waals surface area contributed by atoms with Crippen molar-refractivity contribution >= 4 is 29.1 Å². The Balaban J connectivity index is 1.91. The van der Waals surface area contributed by atoms with Crippen LogP contribution in [0.2, 0.25) is 10.0 Å². The molecule has 1 saturated carbocycles. The molecule has 3 unspecified atom stereocenters. The van der Waals surface area contributed by atoms with Gasteiger partial charge in [0.25, 0.3) is 0 Å². The summed E-state index contributed by atoms with van der Waals surface area (Å²) in [6.45, 7) is 2.67. The molecule has 0 aliphatic heterocycles. The Morgan fingerprint density at radius 1 is 1.47 bits per heavy atom. The highest BCUT2D eigenvalue weighted by molar-refractivity contribution is 6.35. The summed E-state index contributed by atoms with van der Waals surface area (Å²) >= 11 is 12.0. The number of hydrogen-bond acceptors (Lipinski definition) is 2. The lowest BCUT2D eigenvalue weighted by Gasteiger charge is -2.11. The molecule has 0 saturated heterocycles. The first kappa shape index (κ1) is 14.6. The van der Waals surface area contributed by atoms with Crippen LogP contribution >= 0.6 is 23.2 Å². The first-order valence-electron chi connectivity index (χ1n) is 6.43. The van der Waals surface area contributed by atoms with Crippen LogP contribution < -0.4 is 10.6 Å². The van der Waals surface area contributed by atoms with Crippen molar-refractivity contribution < 1.29 is 4.79 Å². The van der Waals surface area contributed by atoms with Gasteiger partial charge in [-0.2, -0.15) is 0 Å². The normalized spacial score (nSPS) is 22.9. The zero-order valence-corrected chi connectivity index (χ0v) is 12.6. The predicted octanol–water partition coefficient (Wildman–Crippen LogP) is 2.82. The fourth-order valence-corrected chi connectivity index (χ4v) is 2.67. The zero-order valence-electron chi connectivity index (χ0n) is 11.0. The molecular weight excluding hydrogens is 283 g/mol. The van der Waals surface area contributed by atoms with Gasteiger partial charge < -0.3 is 10.6 Å². The summed E-state index contributed by atoms with van der Waals surface area (Å²) in [6.07, 6.45) is 0.862. The van der Waals surface area contributed by atoms with Crippen LogP contribution in [-0.2, 0) is 4.79 Å². The molecule has 104 valence electrons. The number of carbonyl (C=O) groups excluding carboxylic acids is 1. The smallest absolute Gasteiger partial charge is 0.223 e. The Morgan fingerprint density at radius 3 is 2.84 bits per heavy atom. The van der Waals surface area contributed by atoms with Crippen LogP contribution in [0, 0.1) is 5.92 Å². The van der Waals surface area contributed by atoms with E-state index in [4.69, 9.17) is 23.2 Å². The van der Waals surface area contributed by atoms with Crippen molar-refractivity contribution in [2.24, 2.45) is 5.92 Å². The van der Waals surface area contributed by atoms with Gasteiger partial charge in [0, 0.05) is 28.5 Å². The summed E-state index contributed by atoms with van der Waals surface area (Å²) in [5.74, 6) is 0.385. The lowest BCUT2D eigenvalue weighted by atomic mass is 10.1. The summed E-state index contributed by atoms with van der Waals surface area (Å²) in [6, 6.07) is 5.74. The van der Waals surface area contributed by atoms with Gasteiger partial charge in [0.15, 0.2) is 0 Å². The van der Waals surface area contributed by atoms with Crippen LogP contribution in [-0.4, -0.2) is 25.5 Å². The van der Waals surface area contributed by atoms with Gasteiger partial charge in [-0.25, -0.2) is 0 Å². The Hall–Kier alpha value is -0.770. The summed E-state index contributed by atoms with van der Waals surface area (Å²) in [7, 11) is 1.88. The van der Waals surface area contributed by atoms with Crippen molar-refractivity contribution in [3.05, 3.63) is 33.8 Å². The van der Waals surface area contributed by atoms with E-state index in [1.54, 1.807) is 6.07 Å². The lowest BCUT2D eigenvalue weighted by molar-refractivity contribution is -0.122. The highest BCUT2D eigenvalue weighted by atomic mass is 35.5. The van der Waals surface area contributed by atoms with E-state index in [-0.39, 0.29) is 23.8 Å². The average Bonchev–Trinajstić information content (AvgIpc) is 3.15. The Morgan fingerprint density at radius 2 is 2.21 bits per heavy atom. The van der Waals surface area contributed by atoms with Crippen LogP contribution in [0.4, 0.5) is 0 Å². The van der Waals surface area contributed by atoms with E-state index in [1.807, 2.05) is 26.1 Å². The molecule has 2 N–H and O–H groups in total. The standard InChI is InChI=1S/C14H18Cl2N2O/c1-8(17-2)7-18-14(19)12-6-11(12)10-4-3-9(15)5-13(10)16/h3-5,8,11-12,17H,6-7H2,1-2H3,(H,18,19). The summed E-state index contributed by atoms with van der Waals surface area (Å²) in [5.41, 5.74) is 1.02. The van der Waals surface area contributed by atoms with Gasteiger partial charge in [-0.1, -0.05) is 29.3 Å². The first-order chi connectivity index (χ1) is 9.02. The van der Waals surface area contributed by atoms with Gasteiger partial charge in [-0.05, 0) is 44.0 Å². The first-order valence-corrected chi connectivity index (χ1v) is 7.18. The fraction of sp³-hybridized carbons (Fsp3) is 0.500. The topological polar surface area (TPSA) is 41.1 Å². The quantitative estimate of drug-likeness (QED) is 0.878. The number of hydrogen-bond donors (Lipinski definition) is 2. The molecule has 0 radical (unpaired) electrons. The number of rotatable bonds is 5. The lowest BCUT2D eigenvalue weighted by Crippen LogP contribution is -2.38. The van der Waals surface area contributed by atoms with Crippen LogP contribution in [0.5, 0.6) is 0 Å². The van der Waals surface area contributed by atoms with Crippen LogP contribution in [0.1, 0.15) is 24.8 Å². The van der Waals surface area contributed by atoms with Crippen molar-refractivity contribution in [1.29, 1.82) is 0 Å². The Labute approximate surface area is 123 Å². The highest BCUT2D eigenvalue weighted by Gasteiger charge is 2.44. The van der Waals surface area contributed by atoms with Gasteiger partial charge in [-0.15, -0.1) is 0 Å². The molecule has 0 bridgehead atoms. The molecule has 1 fully saturated rings. The van der Waals surface area contributed by atoms with Gasteiger partial charge >= 0.3 is 0 Å². The van der Waals surface area contributed by atoms with E-state index >= 15 is 0 Å². The number of nitrogens with one attached hydrogen (secondary N) is 2. The third kappa shape index (κ3) is 3.62. The second-order valence-electron chi connectivity index (χ2n) is 5.05. The largest absolute Gasteiger partial charge is 0.354 e. The average molecular weight is 301 g/mol. The second kappa shape index (κ2) is 6.12. The third-order valence-corrected chi connectivity index (χ3v) is 4.13. The van der Waals surface area contributed by atoms with Crippen LogP contribution in [0.3, 0.4) is 0 Å². The minimum absolute atomic E-state index is 0.0442. The minimum Gasteiger partial charge on any atom is -0.354 e. The maximum absolute atomic E-state index is 12.0. The van der Waals surface area contributed by atoms with Crippen molar-refractivity contribution in [2.45, 2.75) is 25.3 Å². The molecule has 1 aromatic carbocycles. The maximum Gasteiger partial charge on any atom is 0.223 e. The molecule has 3 atom stereocenters. The van der Waals surface area contributed by atoms with Crippen LogP contribution in [0.25, 0.3) is 0 Å². The molecule has 2 rings (SSSR count). The van der Waals surface area contributed by atoms with E-state index in [2.05, 4.69) is 10.6 Å². The second-order valence-corrected chi connectivity index (χ2v) is 5.89. The molecule has 5 heteroatoms. The van der Waals surface area contributed by atoms with Crippen molar-refractivity contribution in [3.63, 3.8) is 0 Å². The van der Waals surface area contributed by atoms with E-state index < -0.39 is 0 Å². The van der Waals surface area contributed by atoms with E-state index in [1.165, 1.54) is 0 Å². The summed E-state index contributed by atoms with van der Waals surface area (Å²) in [4.78, 5) is 12.0. The summed E-state index contributed by atoms with van der Waals surface area (Å²) in [5, 5.41) is 7.32. The van der Waals surface area contributed by atoms with Gasteiger partial charge in [0.05, 0.1) is 0 Å². The molecule has 3 nitrogen and oxygen atoms in total. The van der Waals surface area contributed by atoms with Gasteiger partial charge in [0.2, 0.25) is 5.91 Å². The molecule has 0 spiro atoms. The monoisotopic (exact) mass is 300 g/mol. The van der Waals surface area contributed by atoms with Crippen LogP contribution in [0.15, 0.2) is 18.2 Å². The minimum atomic E-state index is 0.0442. The zero-order chi connectivity index (χ0) is 14.0. The predicted molar refractivity (Wildman–Crippen MR) is 78.8 cm³/mol. The molecule has 0 heterocycles. The highest BCUT2D eigenvalue weighted by Crippen LogP contribution is 2.49. The maximum atomic E-state index is 12.0. The molecular formula is C14H18Cl2N2O. The molecule has 1 aliphatic rings. The fourth-order valence-electron chi connectivity index (χ4n) is 2.12. The van der Waals surface area contributed by atoms with E-state index in [0.717, 1.165) is 12.0 Å². The number of carbonyl (C=O) groups is 1. The number of likely N-dealkylation sites (N-methyl/N-ethyl adjacent to an activating group) is 1. The van der Waals surface area contributed by atoms with Crippen molar-refractivity contribution in [3.8, 4) is 0 Å². The summed E-state index contributed by atoms with van der Waals surface area (Å²) < 4.78 is 0. The number of benzene rings is 1. The SMILES string of the molecule is CNC(C)CNC(=O)C1CC1c1ccc(Cl)cc1Cl. The number of amides is 1. The molecule has 1 aliphatic carbocycles. The number of halogens is 2. The Bertz CT molecular complexity index is 479.